The van der Waals surface area contributed by atoms with Crippen molar-refractivity contribution < 1.29 is 4.39 Å². The number of benzene rings is 2. The van der Waals surface area contributed by atoms with Crippen molar-refractivity contribution in [3.8, 4) is 17.2 Å². The van der Waals surface area contributed by atoms with E-state index in [0.717, 1.165) is 23.8 Å². The Morgan fingerprint density at radius 3 is 2.21 bits per heavy atom. The first-order valence-corrected chi connectivity index (χ1v) is 11.0. The van der Waals surface area contributed by atoms with Crippen molar-refractivity contribution in [2.45, 2.75) is 71.1 Å². The lowest BCUT2D eigenvalue weighted by Gasteiger charge is -2.28. The minimum Gasteiger partial charge on any atom is -0.206 e. The monoisotopic (exact) mass is 377 g/mol. The molecule has 0 amide bonds. The maximum absolute atomic E-state index is 14.2. The summed E-state index contributed by atoms with van der Waals surface area (Å²) < 4.78 is 14.2. The van der Waals surface area contributed by atoms with Crippen LogP contribution in [0.5, 0.6) is 0 Å². The van der Waals surface area contributed by atoms with E-state index in [-0.39, 0.29) is 5.82 Å². The van der Waals surface area contributed by atoms with Crippen molar-refractivity contribution in [1.82, 2.24) is 0 Å². The average molecular weight is 378 g/mol. The quantitative estimate of drug-likeness (QED) is 0.433. The summed E-state index contributed by atoms with van der Waals surface area (Å²) in [6.07, 6.45) is 13.6. The molecule has 0 aromatic heterocycles. The van der Waals surface area contributed by atoms with Gasteiger partial charge in [-0.2, -0.15) is 5.26 Å². The van der Waals surface area contributed by atoms with Gasteiger partial charge in [0.25, 0.3) is 0 Å². The standard InChI is InChI=1S/C26H32FN/c1-2-3-4-5-20-6-8-21(9-7-20)10-11-22-12-15-24(16-13-22)25-17-14-23(19-28)18-26(25)27/h12-18,20-21H,2-11H2,1H3. The summed E-state index contributed by atoms with van der Waals surface area (Å²) in [5.41, 5.74) is 3.13. The van der Waals surface area contributed by atoms with Crippen LogP contribution >= 0.6 is 0 Å². The van der Waals surface area contributed by atoms with Gasteiger partial charge in [0.2, 0.25) is 0 Å². The zero-order chi connectivity index (χ0) is 19.8. The Balaban J connectivity index is 1.47. The van der Waals surface area contributed by atoms with Crippen LogP contribution < -0.4 is 0 Å². The van der Waals surface area contributed by atoms with E-state index in [4.69, 9.17) is 5.26 Å². The van der Waals surface area contributed by atoms with Crippen LogP contribution in [0.2, 0.25) is 0 Å². The number of rotatable bonds is 8. The zero-order valence-electron chi connectivity index (χ0n) is 17.1. The largest absolute Gasteiger partial charge is 0.206 e. The van der Waals surface area contributed by atoms with Gasteiger partial charge in [0, 0.05) is 5.56 Å². The molecular weight excluding hydrogens is 345 g/mol. The lowest BCUT2D eigenvalue weighted by atomic mass is 9.78. The lowest BCUT2D eigenvalue weighted by Crippen LogP contribution is -2.15. The zero-order valence-corrected chi connectivity index (χ0v) is 17.1. The second kappa shape index (κ2) is 10.4. The second-order valence-electron chi connectivity index (χ2n) is 8.42. The van der Waals surface area contributed by atoms with Crippen molar-refractivity contribution in [2.75, 3.05) is 0 Å². The van der Waals surface area contributed by atoms with Crippen molar-refractivity contribution >= 4 is 0 Å². The van der Waals surface area contributed by atoms with Crippen molar-refractivity contribution in [3.05, 3.63) is 59.4 Å². The second-order valence-corrected chi connectivity index (χ2v) is 8.42. The highest BCUT2D eigenvalue weighted by atomic mass is 19.1. The number of nitrogens with zero attached hydrogens (tertiary/aromatic N) is 1. The van der Waals surface area contributed by atoms with E-state index in [9.17, 15) is 4.39 Å². The molecule has 0 spiro atoms. The fourth-order valence-electron chi connectivity index (χ4n) is 4.53. The Kier molecular flexibility index (Phi) is 7.66. The van der Waals surface area contributed by atoms with E-state index in [1.807, 2.05) is 18.2 Å². The summed E-state index contributed by atoms with van der Waals surface area (Å²) in [5.74, 6) is 1.52. The van der Waals surface area contributed by atoms with Crippen molar-refractivity contribution in [2.24, 2.45) is 11.8 Å². The molecular formula is C26H32FN. The molecule has 148 valence electrons. The van der Waals surface area contributed by atoms with Crippen LogP contribution in [-0.2, 0) is 6.42 Å². The number of hydrogen-bond acceptors (Lipinski definition) is 1. The summed E-state index contributed by atoms with van der Waals surface area (Å²) in [5, 5.41) is 8.87. The van der Waals surface area contributed by atoms with Crippen molar-refractivity contribution in [3.63, 3.8) is 0 Å². The maximum atomic E-state index is 14.2. The minimum absolute atomic E-state index is 0.331. The Bertz CT molecular complexity index is 779. The molecule has 1 saturated carbocycles. The SMILES string of the molecule is CCCCCC1CCC(CCc2ccc(-c3ccc(C#N)cc3F)cc2)CC1. The molecule has 28 heavy (non-hydrogen) atoms. The number of halogens is 1. The highest BCUT2D eigenvalue weighted by Crippen LogP contribution is 2.34. The fraction of sp³-hybridized carbons (Fsp3) is 0.500. The molecule has 1 aliphatic carbocycles. The Hall–Kier alpha value is -2.14. The van der Waals surface area contributed by atoms with Crippen molar-refractivity contribution in [1.29, 1.82) is 5.26 Å². The lowest BCUT2D eigenvalue weighted by molar-refractivity contribution is 0.249. The third kappa shape index (κ3) is 5.68. The fourth-order valence-corrected chi connectivity index (χ4v) is 4.53. The highest BCUT2D eigenvalue weighted by Gasteiger charge is 2.20. The Morgan fingerprint density at radius 1 is 0.929 bits per heavy atom. The van der Waals surface area contributed by atoms with Crippen LogP contribution in [0.1, 0.15) is 75.8 Å². The smallest absolute Gasteiger partial charge is 0.132 e. The van der Waals surface area contributed by atoms with E-state index in [1.54, 1.807) is 12.1 Å². The molecule has 0 saturated heterocycles. The van der Waals surface area contributed by atoms with Crippen LogP contribution in [0, 0.1) is 29.0 Å². The van der Waals surface area contributed by atoms with Crippen LogP contribution in [0.25, 0.3) is 11.1 Å². The molecule has 0 aliphatic heterocycles. The predicted molar refractivity (Wildman–Crippen MR) is 114 cm³/mol. The van der Waals surface area contributed by atoms with Crippen LogP contribution in [0.15, 0.2) is 42.5 Å². The first-order chi connectivity index (χ1) is 13.7. The average Bonchev–Trinajstić information content (AvgIpc) is 2.74. The molecule has 1 aliphatic rings. The molecule has 2 aromatic carbocycles. The molecule has 1 fully saturated rings. The van der Waals surface area contributed by atoms with Gasteiger partial charge in [0.15, 0.2) is 0 Å². The van der Waals surface area contributed by atoms with E-state index >= 15 is 0 Å². The van der Waals surface area contributed by atoms with Crippen LogP contribution in [0.4, 0.5) is 4.39 Å². The first kappa shape index (κ1) is 20.6. The first-order valence-electron chi connectivity index (χ1n) is 11.0. The van der Waals surface area contributed by atoms with Crippen LogP contribution in [0.3, 0.4) is 0 Å². The summed E-state index contributed by atoms with van der Waals surface area (Å²) in [6, 6.07) is 14.9. The van der Waals surface area contributed by atoms with E-state index in [2.05, 4.69) is 19.1 Å². The molecule has 0 atom stereocenters. The van der Waals surface area contributed by atoms with Gasteiger partial charge in [-0.3, -0.25) is 0 Å². The van der Waals surface area contributed by atoms with E-state index in [1.165, 1.54) is 69.4 Å². The summed E-state index contributed by atoms with van der Waals surface area (Å²) in [4.78, 5) is 0. The molecule has 0 unspecified atom stereocenters. The molecule has 0 radical (unpaired) electrons. The molecule has 3 rings (SSSR count). The normalized spacial score (nSPS) is 19.3. The summed E-state index contributed by atoms with van der Waals surface area (Å²) in [7, 11) is 0. The van der Waals surface area contributed by atoms with E-state index < -0.39 is 0 Å². The number of hydrogen-bond donors (Lipinski definition) is 0. The van der Waals surface area contributed by atoms with Crippen LogP contribution in [-0.4, -0.2) is 0 Å². The molecule has 1 nitrogen and oxygen atoms in total. The topological polar surface area (TPSA) is 23.8 Å². The van der Waals surface area contributed by atoms with Gasteiger partial charge in [-0.05, 0) is 47.9 Å². The summed E-state index contributed by atoms with van der Waals surface area (Å²) >= 11 is 0. The van der Waals surface area contributed by atoms with Gasteiger partial charge in [0.1, 0.15) is 5.82 Å². The van der Waals surface area contributed by atoms with Gasteiger partial charge in [0.05, 0.1) is 11.6 Å². The minimum atomic E-state index is -0.331. The molecule has 2 aromatic rings. The van der Waals surface area contributed by atoms with Gasteiger partial charge in [-0.25, -0.2) is 4.39 Å². The van der Waals surface area contributed by atoms with Gasteiger partial charge in [-0.15, -0.1) is 0 Å². The number of aryl methyl sites for hydroxylation is 1. The van der Waals surface area contributed by atoms with Gasteiger partial charge >= 0.3 is 0 Å². The maximum Gasteiger partial charge on any atom is 0.132 e. The van der Waals surface area contributed by atoms with E-state index in [0.29, 0.717) is 11.1 Å². The molecule has 0 bridgehead atoms. The number of unbranched alkanes of at least 4 members (excludes halogenated alkanes) is 2. The molecule has 0 heterocycles. The Labute approximate surface area is 169 Å². The summed E-state index contributed by atoms with van der Waals surface area (Å²) in [6.45, 7) is 2.28. The Morgan fingerprint density at radius 2 is 1.61 bits per heavy atom. The third-order valence-electron chi connectivity index (χ3n) is 6.39. The predicted octanol–water partition coefficient (Wildman–Crippen LogP) is 7.68. The number of nitriles is 1. The third-order valence-corrected chi connectivity index (χ3v) is 6.39. The van der Waals surface area contributed by atoms with Gasteiger partial charge in [-0.1, -0.05) is 88.6 Å². The van der Waals surface area contributed by atoms with Gasteiger partial charge < -0.3 is 0 Å². The molecule has 2 heteroatoms. The molecule has 0 N–H and O–H groups in total. The highest BCUT2D eigenvalue weighted by molar-refractivity contribution is 5.65.